The first-order valence-electron chi connectivity index (χ1n) is 5.41. The molecule has 1 N–H and O–H groups in total. The molecule has 0 radical (unpaired) electrons. The molecule has 1 saturated heterocycles. The second kappa shape index (κ2) is 5.15. The van der Waals surface area contributed by atoms with Crippen LogP contribution in [0.3, 0.4) is 0 Å². The van der Waals surface area contributed by atoms with Crippen LogP contribution in [0.2, 0.25) is 5.02 Å². The SMILES string of the molecule is CN1CCOC(C(O)c2ccccc2Cl)C1. The Morgan fingerprint density at radius 1 is 1.50 bits per heavy atom. The number of hydrogen-bond acceptors (Lipinski definition) is 3. The Hall–Kier alpha value is -0.610. The first kappa shape index (κ1) is 11.9. The van der Waals surface area contributed by atoms with E-state index in [4.69, 9.17) is 16.3 Å². The van der Waals surface area contributed by atoms with E-state index in [0.29, 0.717) is 11.6 Å². The number of aliphatic hydroxyl groups excluding tert-OH is 1. The van der Waals surface area contributed by atoms with E-state index >= 15 is 0 Å². The molecule has 1 heterocycles. The molecule has 1 aliphatic rings. The molecule has 16 heavy (non-hydrogen) atoms. The number of halogens is 1. The van der Waals surface area contributed by atoms with Crippen molar-refractivity contribution in [2.24, 2.45) is 0 Å². The maximum Gasteiger partial charge on any atom is 0.108 e. The van der Waals surface area contributed by atoms with Crippen molar-refractivity contribution < 1.29 is 9.84 Å². The number of aliphatic hydroxyl groups is 1. The van der Waals surface area contributed by atoms with Crippen molar-refractivity contribution in [2.75, 3.05) is 26.7 Å². The van der Waals surface area contributed by atoms with Gasteiger partial charge < -0.3 is 14.7 Å². The minimum absolute atomic E-state index is 0.196. The Labute approximate surface area is 101 Å². The number of benzene rings is 1. The van der Waals surface area contributed by atoms with Crippen LogP contribution in [-0.2, 0) is 4.74 Å². The number of rotatable bonds is 2. The lowest BCUT2D eigenvalue weighted by atomic mass is 10.0. The zero-order chi connectivity index (χ0) is 11.5. The van der Waals surface area contributed by atoms with Crippen LogP contribution in [0.5, 0.6) is 0 Å². The summed E-state index contributed by atoms with van der Waals surface area (Å²) in [4.78, 5) is 2.15. The van der Waals surface area contributed by atoms with Gasteiger partial charge in [-0.15, -0.1) is 0 Å². The monoisotopic (exact) mass is 241 g/mol. The summed E-state index contributed by atoms with van der Waals surface area (Å²) in [5.74, 6) is 0. The van der Waals surface area contributed by atoms with Gasteiger partial charge >= 0.3 is 0 Å². The van der Waals surface area contributed by atoms with Gasteiger partial charge in [0.1, 0.15) is 12.2 Å². The van der Waals surface area contributed by atoms with E-state index in [-0.39, 0.29) is 6.10 Å². The van der Waals surface area contributed by atoms with Gasteiger partial charge in [0.05, 0.1) is 6.61 Å². The highest BCUT2D eigenvalue weighted by Crippen LogP contribution is 2.27. The van der Waals surface area contributed by atoms with Gasteiger partial charge in [-0.05, 0) is 13.1 Å². The van der Waals surface area contributed by atoms with Gasteiger partial charge in [-0.2, -0.15) is 0 Å². The van der Waals surface area contributed by atoms with E-state index < -0.39 is 6.10 Å². The Morgan fingerprint density at radius 3 is 2.94 bits per heavy atom. The molecule has 0 bridgehead atoms. The highest BCUT2D eigenvalue weighted by molar-refractivity contribution is 6.31. The highest BCUT2D eigenvalue weighted by atomic mass is 35.5. The number of hydrogen-bond donors (Lipinski definition) is 1. The fraction of sp³-hybridized carbons (Fsp3) is 0.500. The maximum absolute atomic E-state index is 10.2. The van der Waals surface area contributed by atoms with E-state index in [1.54, 1.807) is 6.07 Å². The van der Waals surface area contributed by atoms with Crippen molar-refractivity contribution >= 4 is 11.6 Å². The molecule has 0 aromatic heterocycles. The highest BCUT2D eigenvalue weighted by Gasteiger charge is 2.27. The van der Waals surface area contributed by atoms with Crippen LogP contribution in [0.1, 0.15) is 11.7 Å². The molecule has 1 aliphatic heterocycles. The predicted molar refractivity (Wildman–Crippen MR) is 63.6 cm³/mol. The quantitative estimate of drug-likeness (QED) is 0.856. The molecule has 1 fully saturated rings. The summed E-state index contributed by atoms with van der Waals surface area (Å²) in [5, 5.41) is 10.8. The lowest BCUT2D eigenvalue weighted by Gasteiger charge is -2.33. The van der Waals surface area contributed by atoms with Gasteiger partial charge in [0.15, 0.2) is 0 Å². The Morgan fingerprint density at radius 2 is 2.25 bits per heavy atom. The first-order valence-corrected chi connectivity index (χ1v) is 5.79. The lowest BCUT2D eigenvalue weighted by molar-refractivity contribution is -0.0844. The molecule has 0 spiro atoms. The zero-order valence-electron chi connectivity index (χ0n) is 9.27. The van der Waals surface area contributed by atoms with E-state index in [0.717, 1.165) is 18.7 Å². The molecule has 4 heteroatoms. The summed E-state index contributed by atoms with van der Waals surface area (Å²) in [5.41, 5.74) is 0.740. The van der Waals surface area contributed by atoms with Crippen molar-refractivity contribution in [1.29, 1.82) is 0 Å². The minimum Gasteiger partial charge on any atom is -0.386 e. The van der Waals surface area contributed by atoms with E-state index in [2.05, 4.69) is 4.90 Å². The van der Waals surface area contributed by atoms with E-state index in [1.807, 2.05) is 25.2 Å². The Kier molecular flexibility index (Phi) is 3.82. The molecule has 88 valence electrons. The predicted octanol–water partition coefficient (Wildman–Crippen LogP) is 1.70. The number of morpholine rings is 1. The van der Waals surface area contributed by atoms with Gasteiger partial charge in [0.2, 0.25) is 0 Å². The van der Waals surface area contributed by atoms with Crippen LogP contribution < -0.4 is 0 Å². The van der Waals surface area contributed by atoms with Crippen LogP contribution in [0.15, 0.2) is 24.3 Å². The molecule has 0 amide bonds. The average molecular weight is 242 g/mol. The minimum atomic E-state index is -0.656. The topological polar surface area (TPSA) is 32.7 Å². The van der Waals surface area contributed by atoms with Gasteiger partial charge in [-0.1, -0.05) is 29.8 Å². The first-order chi connectivity index (χ1) is 7.68. The summed E-state index contributed by atoms with van der Waals surface area (Å²) >= 11 is 6.05. The summed E-state index contributed by atoms with van der Waals surface area (Å²) in [6.45, 7) is 2.29. The van der Waals surface area contributed by atoms with Crippen LogP contribution in [0.25, 0.3) is 0 Å². The van der Waals surface area contributed by atoms with Crippen molar-refractivity contribution in [1.82, 2.24) is 4.90 Å². The van der Waals surface area contributed by atoms with Gasteiger partial charge in [-0.3, -0.25) is 0 Å². The summed E-state index contributed by atoms with van der Waals surface area (Å²) < 4.78 is 5.57. The van der Waals surface area contributed by atoms with Crippen LogP contribution >= 0.6 is 11.6 Å². The molecular formula is C12H16ClNO2. The number of likely N-dealkylation sites (N-methyl/N-ethyl adjacent to an activating group) is 1. The maximum atomic E-state index is 10.2. The molecule has 3 nitrogen and oxygen atoms in total. The van der Waals surface area contributed by atoms with E-state index in [9.17, 15) is 5.11 Å². The number of ether oxygens (including phenoxy) is 1. The Balaban J connectivity index is 2.12. The molecule has 1 aromatic rings. The van der Waals surface area contributed by atoms with Crippen molar-refractivity contribution in [3.8, 4) is 0 Å². The summed E-state index contributed by atoms with van der Waals surface area (Å²) in [6, 6.07) is 7.35. The fourth-order valence-corrected chi connectivity index (χ4v) is 2.16. The average Bonchev–Trinajstić information content (AvgIpc) is 2.29. The third-order valence-corrected chi connectivity index (χ3v) is 3.22. The van der Waals surface area contributed by atoms with Crippen LogP contribution in [0.4, 0.5) is 0 Å². The molecular weight excluding hydrogens is 226 g/mol. The summed E-state index contributed by atoms with van der Waals surface area (Å²) in [6.07, 6.45) is -0.852. The molecule has 0 saturated carbocycles. The molecule has 0 aliphatic carbocycles. The lowest BCUT2D eigenvalue weighted by Crippen LogP contribution is -2.43. The van der Waals surface area contributed by atoms with Gasteiger partial charge in [0.25, 0.3) is 0 Å². The van der Waals surface area contributed by atoms with Gasteiger partial charge in [-0.25, -0.2) is 0 Å². The number of nitrogens with zero attached hydrogens (tertiary/aromatic N) is 1. The Bertz CT molecular complexity index is 359. The van der Waals surface area contributed by atoms with Crippen molar-refractivity contribution in [3.63, 3.8) is 0 Å². The molecule has 2 unspecified atom stereocenters. The van der Waals surface area contributed by atoms with E-state index in [1.165, 1.54) is 0 Å². The molecule has 2 atom stereocenters. The summed E-state index contributed by atoms with van der Waals surface area (Å²) in [7, 11) is 2.02. The van der Waals surface area contributed by atoms with Crippen LogP contribution in [0, 0.1) is 0 Å². The van der Waals surface area contributed by atoms with Crippen molar-refractivity contribution in [3.05, 3.63) is 34.9 Å². The molecule has 1 aromatic carbocycles. The zero-order valence-corrected chi connectivity index (χ0v) is 10.0. The standard InChI is InChI=1S/C12H16ClNO2/c1-14-6-7-16-11(8-14)12(15)9-4-2-3-5-10(9)13/h2-5,11-12,15H,6-8H2,1H3. The van der Waals surface area contributed by atoms with Crippen LogP contribution in [-0.4, -0.2) is 42.9 Å². The largest absolute Gasteiger partial charge is 0.386 e. The second-order valence-electron chi connectivity index (χ2n) is 4.14. The van der Waals surface area contributed by atoms with Gasteiger partial charge in [0, 0.05) is 23.7 Å². The second-order valence-corrected chi connectivity index (χ2v) is 4.55. The van der Waals surface area contributed by atoms with Crippen molar-refractivity contribution in [2.45, 2.75) is 12.2 Å². The fourth-order valence-electron chi connectivity index (χ4n) is 1.92. The molecule has 2 rings (SSSR count). The third kappa shape index (κ3) is 2.55. The normalized spacial score (nSPS) is 24.3. The smallest absolute Gasteiger partial charge is 0.108 e. The third-order valence-electron chi connectivity index (χ3n) is 2.87.